The topological polar surface area (TPSA) is 75.4 Å². The smallest absolute Gasteiger partial charge is 0.339 e. The van der Waals surface area contributed by atoms with Crippen molar-refractivity contribution in [3.8, 4) is 0 Å². The SMILES string of the molecule is Cc1nn(C(C)C(=O)N2CCCCC2)c(C)c1C(=O)O. The summed E-state index contributed by atoms with van der Waals surface area (Å²) in [6, 6.07) is -0.458. The van der Waals surface area contributed by atoms with Gasteiger partial charge in [-0.1, -0.05) is 0 Å². The van der Waals surface area contributed by atoms with E-state index in [-0.39, 0.29) is 11.5 Å². The lowest BCUT2D eigenvalue weighted by atomic mass is 10.1. The number of carbonyl (C=O) groups is 2. The van der Waals surface area contributed by atoms with Gasteiger partial charge in [0.25, 0.3) is 0 Å². The van der Waals surface area contributed by atoms with Crippen molar-refractivity contribution in [2.24, 2.45) is 0 Å². The first-order chi connectivity index (χ1) is 9.43. The summed E-state index contributed by atoms with van der Waals surface area (Å²) in [5.74, 6) is -0.976. The molecule has 0 saturated carbocycles. The highest BCUT2D eigenvalue weighted by Crippen LogP contribution is 2.20. The lowest BCUT2D eigenvalue weighted by Crippen LogP contribution is -2.40. The largest absolute Gasteiger partial charge is 0.478 e. The minimum absolute atomic E-state index is 0.0206. The van der Waals surface area contributed by atoms with Crippen LogP contribution in [0.4, 0.5) is 0 Å². The van der Waals surface area contributed by atoms with Gasteiger partial charge >= 0.3 is 5.97 Å². The van der Waals surface area contributed by atoms with Crippen molar-refractivity contribution in [2.45, 2.75) is 46.1 Å². The number of piperidine rings is 1. The minimum atomic E-state index is -0.996. The average Bonchev–Trinajstić information content (AvgIpc) is 2.73. The molecule has 1 atom stereocenters. The van der Waals surface area contributed by atoms with Crippen molar-refractivity contribution in [2.75, 3.05) is 13.1 Å². The molecule has 1 amide bonds. The molecule has 0 radical (unpaired) electrons. The Morgan fingerprint density at radius 1 is 1.20 bits per heavy atom. The second kappa shape index (κ2) is 5.64. The van der Waals surface area contributed by atoms with Crippen molar-refractivity contribution in [1.29, 1.82) is 0 Å². The molecule has 20 heavy (non-hydrogen) atoms. The van der Waals surface area contributed by atoms with Gasteiger partial charge in [-0.05, 0) is 40.0 Å². The van der Waals surface area contributed by atoms with Gasteiger partial charge in [0.15, 0.2) is 0 Å². The molecule has 1 aliphatic rings. The number of hydrogen-bond donors (Lipinski definition) is 1. The van der Waals surface area contributed by atoms with Crippen LogP contribution in [0.5, 0.6) is 0 Å². The highest BCUT2D eigenvalue weighted by atomic mass is 16.4. The minimum Gasteiger partial charge on any atom is -0.478 e. The maximum Gasteiger partial charge on any atom is 0.339 e. The Labute approximate surface area is 118 Å². The number of amides is 1. The van der Waals surface area contributed by atoms with Gasteiger partial charge in [0, 0.05) is 13.1 Å². The molecular weight excluding hydrogens is 258 g/mol. The summed E-state index contributed by atoms with van der Waals surface area (Å²) in [5, 5.41) is 13.4. The first-order valence-corrected chi connectivity index (χ1v) is 7.01. The Kier molecular flexibility index (Phi) is 4.11. The molecule has 0 spiro atoms. The van der Waals surface area contributed by atoms with Gasteiger partial charge in [-0.25, -0.2) is 4.79 Å². The van der Waals surface area contributed by atoms with Crippen molar-refractivity contribution in [3.63, 3.8) is 0 Å². The number of rotatable bonds is 3. The molecule has 0 aliphatic carbocycles. The Morgan fingerprint density at radius 3 is 2.30 bits per heavy atom. The van der Waals surface area contributed by atoms with Gasteiger partial charge in [-0.15, -0.1) is 0 Å². The number of aryl methyl sites for hydroxylation is 1. The van der Waals surface area contributed by atoms with Crippen LogP contribution in [0.15, 0.2) is 0 Å². The van der Waals surface area contributed by atoms with E-state index in [1.54, 1.807) is 20.8 Å². The fourth-order valence-corrected chi connectivity index (χ4v) is 2.83. The van der Waals surface area contributed by atoms with Gasteiger partial charge < -0.3 is 10.0 Å². The number of nitrogens with zero attached hydrogens (tertiary/aromatic N) is 3. The van der Waals surface area contributed by atoms with E-state index in [4.69, 9.17) is 0 Å². The van der Waals surface area contributed by atoms with Crippen molar-refractivity contribution in [1.82, 2.24) is 14.7 Å². The molecule has 1 aromatic heterocycles. The standard InChI is InChI=1S/C14H21N3O3/c1-9-12(14(19)20)10(2)17(15-9)11(3)13(18)16-7-5-4-6-8-16/h11H,4-8H2,1-3H3,(H,19,20). The quantitative estimate of drug-likeness (QED) is 0.915. The number of aromatic carboxylic acids is 1. The molecule has 0 aromatic carbocycles. The highest BCUT2D eigenvalue weighted by Gasteiger charge is 2.27. The summed E-state index contributed by atoms with van der Waals surface area (Å²) in [6.07, 6.45) is 3.24. The fourth-order valence-electron chi connectivity index (χ4n) is 2.83. The predicted molar refractivity (Wildman–Crippen MR) is 73.8 cm³/mol. The van der Waals surface area contributed by atoms with Gasteiger partial charge in [0.2, 0.25) is 5.91 Å². The third-order valence-corrected chi connectivity index (χ3v) is 3.93. The van der Waals surface area contributed by atoms with Crippen LogP contribution in [-0.4, -0.2) is 44.8 Å². The summed E-state index contributed by atoms with van der Waals surface area (Å²) < 4.78 is 1.54. The van der Waals surface area contributed by atoms with E-state index in [0.717, 1.165) is 25.9 Å². The first-order valence-electron chi connectivity index (χ1n) is 7.01. The molecule has 1 unspecified atom stereocenters. The maximum atomic E-state index is 12.5. The molecule has 1 fully saturated rings. The number of likely N-dealkylation sites (tertiary alicyclic amines) is 1. The molecule has 0 bridgehead atoms. The Hall–Kier alpha value is -1.85. The molecule has 1 saturated heterocycles. The first kappa shape index (κ1) is 14.6. The summed E-state index contributed by atoms with van der Waals surface area (Å²) in [5.41, 5.74) is 1.18. The van der Waals surface area contributed by atoms with E-state index in [1.807, 2.05) is 4.90 Å². The second-order valence-corrected chi connectivity index (χ2v) is 5.36. The number of carboxylic acid groups (broad SMARTS) is 1. The molecule has 1 aliphatic heterocycles. The third-order valence-electron chi connectivity index (χ3n) is 3.93. The van der Waals surface area contributed by atoms with Crippen molar-refractivity contribution in [3.05, 3.63) is 17.0 Å². The van der Waals surface area contributed by atoms with Crippen LogP contribution >= 0.6 is 0 Å². The lowest BCUT2D eigenvalue weighted by molar-refractivity contribution is -0.135. The van der Waals surface area contributed by atoms with Crippen molar-refractivity contribution < 1.29 is 14.7 Å². The summed E-state index contributed by atoms with van der Waals surface area (Å²) in [6.45, 7) is 6.71. The molecular formula is C14H21N3O3. The number of carboxylic acids is 1. The van der Waals surface area contributed by atoms with Crippen molar-refractivity contribution >= 4 is 11.9 Å². The number of hydrogen-bond acceptors (Lipinski definition) is 3. The molecule has 2 rings (SSSR count). The number of carbonyl (C=O) groups excluding carboxylic acids is 1. The van der Waals surface area contributed by atoms with E-state index in [9.17, 15) is 14.7 Å². The van der Waals surface area contributed by atoms with Gasteiger partial charge in [0.1, 0.15) is 11.6 Å². The van der Waals surface area contributed by atoms with Gasteiger partial charge in [-0.3, -0.25) is 9.48 Å². The van der Waals surface area contributed by atoms with E-state index in [2.05, 4.69) is 5.10 Å². The predicted octanol–water partition coefficient (Wildman–Crippen LogP) is 1.77. The summed E-state index contributed by atoms with van der Waals surface area (Å²) >= 11 is 0. The monoisotopic (exact) mass is 279 g/mol. The van der Waals surface area contributed by atoms with Gasteiger partial charge in [-0.2, -0.15) is 5.10 Å². The molecule has 6 heteroatoms. The summed E-state index contributed by atoms with van der Waals surface area (Å²) in [4.78, 5) is 25.5. The van der Waals surface area contributed by atoms with E-state index in [1.165, 1.54) is 11.1 Å². The number of aromatic nitrogens is 2. The lowest BCUT2D eigenvalue weighted by Gasteiger charge is -2.29. The maximum absolute atomic E-state index is 12.5. The zero-order valence-electron chi connectivity index (χ0n) is 12.2. The van der Waals surface area contributed by atoms with Gasteiger partial charge in [0.05, 0.1) is 11.4 Å². The molecule has 1 aromatic rings. The zero-order chi connectivity index (χ0) is 14.9. The van der Waals surface area contributed by atoms with Crippen LogP contribution in [0.3, 0.4) is 0 Å². The van der Waals surface area contributed by atoms with E-state index in [0.29, 0.717) is 11.4 Å². The van der Waals surface area contributed by atoms with Crippen LogP contribution in [-0.2, 0) is 4.79 Å². The van der Waals surface area contributed by atoms with Crippen LogP contribution in [0, 0.1) is 13.8 Å². The fraction of sp³-hybridized carbons (Fsp3) is 0.643. The normalized spacial score (nSPS) is 17.1. The van der Waals surface area contributed by atoms with Crippen LogP contribution in [0.25, 0.3) is 0 Å². The van der Waals surface area contributed by atoms with Crippen LogP contribution < -0.4 is 0 Å². The Balaban J connectivity index is 2.24. The average molecular weight is 279 g/mol. The third kappa shape index (κ3) is 2.55. The van der Waals surface area contributed by atoms with Crippen LogP contribution in [0.2, 0.25) is 0 Å². The highest BCUT2D eigenvalue weighted by molar-refractivity contribution is 5.90. The molecule has 110 valence electrons. The Morgan fingerprint density at radius 2 is 1.80 bits per heavy atom. The van der Waals surface area contributed by atoms with E-state index < -0.39 is 12.0 Å². The second-order valence-electron chi connectivity index (χ2n) is 5.36. The Bertz CT molecular complexity index is 530. The molecule has 2 heterocycles. The van der Waals surface area contributed by atoms with Crippen LogP contribution in [0.1, 0.15) is 54.0 Å². The summed E-state index contributed by atoms with van der Waals surface area (Å²) in [7, 11) is 0. The van der Waals surface area contributed by atoms with E-state index >= 15 is 0 Å². The molecule has 1 N–H and O–H groups in total. The zero-order valence-corrected chi connectivity index (χ0v) is 12.2. The molecule has 6 nitrogen and oxygen atoms in total.